The number of carbonyl (C=O) groups excluding carboxylic acids is 1. The van der Waals surface area contributed by atoms with Gasteiger partial charge in [-0.05, 0) is 61.5 Å². The SMILES string of the molecule is Nc1ccccc1CCC(=O)NCC1CCN(Cc2ccccc2Cl)CC1. The van der Waals surface area contributed by atoms with Crippen LogP contribution < -0.4 is 11.1 Å². The summed E-state index contributed by atoms with van der Waals surface area (Å²) in [5.41, 5.74) is 8.92. The molecule has 0 aliphatic carbocycles. The lowest BCUT2D eigenvalue weighted by Gasteiger charge is -2.32. The number of benzene rings is 2. The number of carbonyl (C=O) groups is 1. The summed E-state index contributed by atoms with van der Waals surface area (Å²) in [5.74, 6) is 0.662. The lowest BCUT2D eigenvalue weighted by atomic mass is 9.96. The summed E-state index contributed by atoms with van der Waals surface area (Å²) >= 11 is 6.26. The number of nitrogens with one attached hydrogen (secondary N) is 1. The second kappa shape index (κ2) is 9.77. The zero-order chi connectivity index (χ0) is 19.1. The molecular weight excluding hydrogens is 358 g/mol. The summed E-state index contributed by atoms with van der Waals surface area (Å²) in [4.78, 5) is 14.6. The average molecular weight is 386 g/mol. The third-order valence-corrected chi connectivity index (χ3v) is 5.69. The van der Waals surface area contributed by atoms with E-state index in [2.05, 4.69) is 16.3 Å². The van der Waals surface area contributed by atoms with E-state index in [1.54, 1.807) is 0 Å². The minimum absolute atomic E-state index is 0.108. The predicted octanol–water partition coefficient (Wildman–Crippen LogP) is 3.88. The summed E-state index contributed by atoms with van der Waals surface area (Å²) < 4.78 is 0. The molecule has 2 aromatic carbocycles. The van der Waals surface area contributed by atoms with Gasteiger partial charge in [0.25, 0.3) is 0 Å². The highest BCUT2D eigenvalue weighted by Crippen LogP contribution is 2.22. The summed E-state index contributed by atoms with van der Waals surface area (Å²) in [6.45, 7) is 3.76. The van der Waals surface area contributed by atoms with Crippen molar-refractivity contribution in [3.05, 3.63) is 64.7 Å². The van der Waals surface area contributed by atoms with Crippen molar-refractivity contribution in [2.45, 2.75) is 32.2 Å². The van der Waals surface area contributed by atoms with Crippen molar-refractivity contribution in [3.8, 4) is 0 Å². The van der Waals surface area contributed by atoms with Gasteiger partial charge in [0.05, 0.1) is 0 Å². The van der Waals surface area contributed by atoms with E-state index in [0.29, 0.717) is 18.8 Å². The maximum Gasteiger partial charge on any atom is 0.220 e. The van der Waals surface area contributed by atoms with Crippen molar-refractivity contribution in [1.29, 1.82) is 0 Å². The molecule has 0 spiro atoms. The molecule has 0 bridgehead atoms. The molecule has 1 aliphatic rings. The predicted molar refractivity (Wildman–Crippen MR) is 112 cm³/mol. The number of hydrogen-bond donors (Lipinski definition) is 2. The van der Waals surface area contributed by atoms with Crippen molar-refractivity contribution < 1.29 is 4.79 Å². The van der Waals surface area contributed by atoms with E-state index in [4.69, 9.17) is 17.3 Å². The number of para-hydroxylation sites is 1. The van der Waals surface area contributed by atoms with Crippen LogP contribution in [0.2, 0.25) is 5.02 Å². The van der Waals surface area contributed by atoms with Crippen LogP contribution >= 0.6 is 11.6 Å². The monoisotopic (exact) mass is 385 g/mol. The lowest BCUT2D eigenvalue weighted by molar-refractivity contribution is -0.121. The highest BCUT2D eigenvalue weighted by Gasteiger charge is 2.20. The van der Waals surface area contributed by atoms with Crippen LogP contribution in [-0.2, 0) is 17.8 Å². The van der Waals surface area contributed by atoms with Gasteiger partial charge in [0.1, 0.15) is 0 Å². The first-order chi connectivity index (χ1) is 13.1. The van der Waals surface area contributed by atoms with Crippen LogP contribution in [0.3, 0.4) is 0 Å². The van der Waals surface area contributed by atoms with E-state index in [1.807, 2.05) is 42.5 Å². The molecule has 1 fully saturated rings. The Hall–Kier alpha value is -2.04. The Labute approximate surface area is 166 Å². The second-order valence-electron chi connectivity index (χ2n) is 7.31. The highest BCUT2D eigenvalue weighted by atomic mass is 35.5. The molecule has 3 N–H and O–H groups in total. The van der Waals surface area contributed by atoms with Gasteiger partial charge in [-0.25, -0.2) is 0 Å². The normalized spacial score (nSPS) is 15.6. The molecule has 0 saturated carbocycles. The average Bonchev–Trinajstić information content (AvgIpc) is 2.68. The van der Waals surface area contributed by atoms with E-state index in [1.165, 1.54) is 5.56 Å². The number of halogens is 1. The summed E-state index contributed by atoms with van der Waals surface area (Å²) in [6.07, 6.45) is 3.39. The Kier molecular flexibility index (Phi) is 7.13. The van der Waals surface area contributed by atoms with Crippen LogP contribution in [0.4, 0.5) is 5.69 Å². The number of nitrogens with zero attached hydrogens (tertiary/aromatic N) is 1. The third-order valence-electron chi connectivity index (χ3n) is 5.32. The van der Waals surface area contributed by atoms with Crippen LogP contribution in [0.25, 0.3) is 0 Å². The Balaban J connectivity index is 1.35. The molecule has 1 aliphatic heterocycles. The summed E-state index contributed by atoms with van der Waals surface area (Å²) in [5, 5.41) is 3.94. The Morgan fingerprint density at radius 3 is 2.44 bits per heavy atom. The number of hydrogen-bond acceptors (Lipinski definition) is 3. The van der Waals surface area contributed by atoms with E-state index in [9.17, 15) is 4.79 Å². The molecule has 1 saturated heterocycles. The first kappa shape index (κ1) is 19.7. The Morgan fingerprint density at radius 2 is 1.74 bits per heavy atom. The number of rotatable bonds is 7. The highest BCUT2D eigenvalue weighted by molar-refractivity contribution is 6.31. The van der Waals surface area contributed by atoms with Gasteiger partial charge >= 0.3 is 0 Å². The molecule has 4 nitrogen and oxygen atoms in total. The van der Waals surface area contributed by atoms with E-state index in [0.717, 1.165) is 55.3 Å². The van der Waals surface area contributed by atoms with Crippen molar-refractivity contribution in [3.63, 3.8) is 0 Å². The van der Waals surface area contributed by atoms with Gasteiger partial charge in [-0.15, -0.1) is 0 Å². The number of piperidine rings is 1. The molecule has 0 aromatic heterocycles. The lowest BCUT2D eigenvalue weighted by Crippen LogP contribution is -2.38. The van der Waals surface area contributed by atoms with Crippen LogP contribution in [0.1, 0.15) is 30.4 Å². The quantitative estimate of drug-likeness (QED) is 0.711. The fourth-order valence-electron chi connectivity index (χ4n) is 3.57. The van der Waals surface area contributed by atoms with Crippen molar-refractivity contribution >= 4 is 23.2 Å². The Morgan fingerprint density at radius 1 is 1.07 bits per heavy atom. The van der Waals surface area contributed by atoms with Crippen LogP contribution in [0.15, 0.2) is 48.5 Å². The second-order valence-corrected chi connectivity index (χ2v) is 7.72. The molecule has 0 atom stereocenters. The van der Waals surface area contributed by atoms with Gasteiger partial charge in [-0.2, -0.15) is 0 Å². The Bertz CT molecular complexity index is 757. The summed E-state index contributed by atoms with van der Waals surface area (Å²) in [6, 6.07) is 15.8. The summed E-state index contributed by atoms with van der Waals surface area (Å²) in [7, 11) is 0. The minimum atomic E-state index is 0.108. The van der Waals surface area contributed by atoms with Crippen LogP contribution in [0, 0.1) is 5.92 Å². The molecule has 1 heterocycles. The number of nitrogen functional groups attached to an aromatic ring is 1. The van der Waals surface area contributed by atoms with Gasteiger partial charge < -0.3 is 11.1 Å². The molecule has 1 amide bonds. The van der Waals surface area contributed by atoms with Gasteiger partial charge in [-0.1, -0.05) is 48.0 Å². The minimum Gasteiger partial charge on any atom is -0.399 e. The molecule has 0 unspecified atom stereocenters. The van der Waals surface area contributed by atoms with Gasteiger partial charge in [-0.3, -0.25) is 9.69 Å². The zero-order valence-corrected chi connectivity index (χ0v) is 16.4. The number of likely N-dealkylation sites (tertiary alicyclic amines) is 1. The number of aryl methyl sites for hydroxylation is 1. The molecule has 5 heteroatoms. The molecular formula is C22H28ClN3O. The third kappa shape index (κ3) is 5.98. The number of nitrogens with two attached hydrogens (primary N) is 1. The van der Waals surface area contributed by atoms with E-state index >= 15 is 0 Å². The standard InChI is InChI=1S/C22H28ClN3O/c23-20-7-3-1-6-19(20)16-26-13-11-17(12-14-26)15-25-22(27)10-9-18-5-2-4-8-21(18)24/h1-8,17H,9-16,24H2,(H,25,27). The topological polar surface area (TPSA) is 58.4 Å². The van der Waals surface area contributed by atoms with Crippen LogP contribution in [0.5, 0.6) is 0 Å². The first-order valence-electron chi connectivity index (χ1n) is 9.67. The smallest absolute Gasteiger partial charge is 0.220 e. The maximum absolute atomic E-state index is 12.1. The fraction of sp³-hybridized carbons (Fsp3) is 0.409. The molecule has 0 radical (unpaired) electrons. The maximum atomic E-state index is 12.1. The molecule has 2 aromatic rings. The van der Waals surface area contributed by atoms with Crippen LogP contribution in [-0.4, -0.2) is 30.4 Å². The van der Waals surface area contributed by atoms with Crippen molar-refractivity contribution in [1.82, 2.24) is 10.2 Å². The number of anilines is 1. The van der Waals surface area contributed by atoms with Crippen molar-refractivity contribution in [2.24, 2.45) is 5.92 Å². The molecule has 144 valence electrons. The largest absolute Gasteiger partial charge is 0.399 e. The first-order valence-corrected chi connectivity index (χ1v) is 10.1. The molecule has 27 heavy (non-hydrogen) atoms. The number of amides is 1. The zero-order valence-electron chi connectivity index (χ0n) is 15.7. The van der Waals surface area contributed by atoms with E-state index in [-0.39, 0.29) is 5.91 Å². The van der Waals surface area contributed by atoms with Gasteiger partial charge in [0.2, 0.25) is 5.91 Å². The van der Waals surface area contributed by atoms with Crippen molar-refractivity contribution in [2.75, 3.05) is 25.4 Å². The fourth-order valence-corrected chi connectivity index (χ4v) is 3.77. The van der Waals surface area contributed by atoms with Gasteiger partial charge in [0.15, 0.2) is 0 Å². The van der Waals surface area contributed by atoms with Gasteiger partial charge in [0, 0.05) is 30.2 Å². The van der Waals surface area contributed by atoms with E-state index < -0.39 is 0 Å². The molecule has 3 rings (SSSR count).